The summed E-state index contributed by atoms with van der Waals surface area (Å²) in [6.45, 7) is 6.34. The molecule has 40 heavy (non-hydrogen) atoms. The molecular formula is C34H44N6. The Labute approximate surface area is 240 Å². The first kappa shape index (κ1) is 29.5. The molecule has 4 aromatic rings. The molecule has 210 valence electrons. The molecule has 0 saturated carbocycles. The van der Waals surface area contributed by atoms with Crippen LogP contribution in [0.5, 0.6) is 0 Å². The van der Waals surface area contributed by atoms with Crippen molar-refractivity contribution in [1.29, 1.82) is 0 Å². The van der Waals surface area contributed by atoms with Gasteiger partial charge in [0.1, 0.15) is 0 Å². The van der Waals surface area contributed by atoms with Gasteiger partial charge in [-0.25, -0.2) is 0 Å². The van der Waals surface area contributed by atoms with Crippen LogP contribution >= 0.6 is 0 Å². The van der Waals surface area contributed by atoms with Crippen molar-refractivity contribution in [2.45, 2.75) is 84.1 Å². The van der Waals surface area contributed by atoms with Crippen LogP contribution < -0.4 is 0 Å². The van der Waals surface area contributed by atoms with Crippen LogP contribution in [0.15, 0.2) is 97.6 Å². The van der Waals surface area contributed by atoms with Gasteiger partial charge in [0.15, 0.2) is 0 Å². The first-order chi connectivity index (χ1) is 19.8. The quantitative estimate of drug-likeness (QED) is 0.127. The second-order valence-corrected chi connectivity index (χ2v) is 10.6. The number of unbranched alkanes of at least 4 members (excludes halogenated alkanes) is 5. The smallest absolute Gasteiger partial charge is 0.0544 e. The molecule has 0 aliphatic carbocycles. The standard InChI is InChI=1S/C34H44N6/c1-2-3-4-5-6-7-20-34(40(27-32-18-10-14-23-37-32)28-33-19-11-15-24-38-33)29-39(25-30-16-8-12-21-35-30)26-31-17-9-13-22-36-31/h8-19,21-24,34H,2-7,20,25-29H2,1H3. The Morgan fingerprint density at radius 2 is 0.950 bits per heavy atom. The van der Waals surface area contributed by atoms with Gasteiger partial charge in [0.2, 0.25) is 0 Å². The average Bonchev–Trinajstić information content (AvgIpc) is 3.00. The Kier molecular flexibility index (Phi) is 12.7. The number of rotatable bonds is 18. The van der Waals surface area contributed by atoms with E-state index in [0.717, 1.165) is 61.9 Å². The topological polar surface area (TPSA) is 58.0 Å². The lowest BCUT2D eigenvalue weighted by Gasteiger charge is -2.35. The maximum atomic E-state index is 4.69. The van der Waals surface area contributed by atoms with E-state index in [2.05, 4.69) is 75.2 Å². The molecule has 4 aromatic heterocycles. The van der Waals surface area contributed by atoms with E-state index in [1.807, 2.05) is 49.1 Å². The summed E-state index contributed by atoms with van der Waals surface area (Å²) in [5.74, 6) is 0. The number of hydrogen-bond acceptors (Lipinski definition) is 6. The summed E-state index contributed by atoms with van der Waals surface area (Å²) < 4.78 is 0. The van der Waals surface area contributed by atoms with Crippen molar-refractivity contribution in [1.82, 2.24) is 29.7 Å². The van der Waals surface area contributed by atoms with Crippen molar-refractivity contribution in [3.05, 3.63) is 120 Å². The first-order valence-electron chi connectivity index (χ1n) is 14.9. The van der Waals surface area contributed by atoms with Gasteiger partial charge in [-0.1, -0.05) is 69.7 Å². The van der Waals surface area contributed by atoms with Crippen molar-refractivity contribution in [3.8, 4) is 0 Å². The zero-order valence-corrected chi connectivity index (χ0v) is 24.0. The van der Waals surface area contributed by atoms with Gasteiger partial charge in [-0.05, 0) is 55.0 Å². The summed E-state index contributed by atoms with van der Waals surface area (Å²) >= 11 is 0. The Bertz CT molecular complexity index is 1090. The Morgan fingerprint density at radius 1 is 0.525 bits per heavy atom. The molecule has 0 aliphatic rings. The zero-order chi connectivity index (χ0) is 27.7. The summed E-state index contributed by atoms with van der Waals surface area (Å²) in [5.41, 5.74) is 4.34. The molecule has 6 nitrogen and oxygen atoms in total. The third kappa shape index (κ3) is 10.6. The SMILES string of the molecule is CCCCCCCCC(CN(Cc1ccccn1)Cc1ccccn1)N(Cc1ccccn1)Cc1ccccn1. The molecule has 1 unspecified atom stereocenters. The van der Waals surface area contributed by atoms with Gasteiger partial charge in [-0.2, -0.15) is 0 Å². The molecular weight excluding hydrogens is 492 g/mol. The fraction of sp³-hybridized carbons (Fsp3) is 0.412. The molecule has 1 atom stereocenters. The summed E-state index contributed by atoms with van der Waals surface area (Å²) in [6, 6.07) is 25.1. The maximum absolute atomic E-state index is 4.69. The van der Waals surface area contributed by atoms with Crippen LogP contribution in [-0.4, -0.2) is 42.3 Å². The second kappa shape index (κ2) is 17.3. The van der Waals surface area contributed by atoms with Crippen molar-refractivity contribution in [3.63, 3.8) is 0 Å². The molecule has 6 heteroatoms. The van der Waals surface area contributed by atoms with Gasteiger partial charge in [0, 0.05) is 63.6 Å². The predicted octanol–water partition coefficient (Wildman–Crippen LogP) is 7.09. The molecule has 0 aliphatic heterocycles. The lowest BCUT2D eigenvalue weighted by molar-refractivity contribution is 0.105. The van der Waals surface area contributed by atoms with Crippen molar-refractivity contribution < 1.29 is 0 Å². The largest absolute Gasteiger partial charge is 0.290 e. The molecule has 0 bridgehead atoms. The van der Waals surface area contributed by atoms with Crippen molar-refractivity contribution in [2.75, 3.05) is 6.54 Å². The number of aromatic nitrogens is 4. The molecule has 0 fully saturated rings. The van der Waals surface area contributed by atoms with Crippen molar-refractivity contribution in [2.24, 2.45) is 0 Å². The molecule has 0 amide bonds. The van der Waals surface area contributed by atoms with E-state index in [9.17, 15) is 0 Å². The highest BCUT2D eigenvalue weighted by Crippen LogP contribution is 2.20. The van der Waals surface area contributed by atoms with E-state index in [1.165, 1.54) is 38.5 Å². The van der Waals surface area contributed by atoms with Crippen LogP contribution in [0.1, 0.15) is 74.6 Å². The zero-order valence-electron chi connectivity index (χ0n) is 24.0. The highest BCUT2D eigenvalue weighted by Gasteiger charge is 2.24. The van der Waals surface area contributed by atoms with Crippen molar-refractivity contribution >= 4 is 0 Å². The van der Waals surface area contributed by atoms with Crippen LogP contribution in [0.2, 0.25) is 0 Å². The maximum Gasteiger partial charge on any atom is 0.0544 e. The third-order valence-electron chi connectivity index (χ3n) is 7.28. The highest BCUT2D eigenvalue weighted by molar-refractivity contribution is 5.09. The summed E-state index contributed by atoms with van der Waals surface area (Å²) in [6.07, 6.45) is 16.4. The summed E-state index contributed by atoms with van der Waals surface area (Å²) in [4.78, 5) is 23.8. The van der Waals surface area contributed by atoms with E-state index >= 15 is 0 Å². The van der Waals surface area contributed by atoms with E-state index in [1.54, 1.807) is 0 Å². The number of hydrogen-bond donors (Lipinski definition) is 0. The molecule has 0 saturated heterocycles. The molecule has 4 rings (SSSR count). The molecule has 0 spiro atoms. The number of pyridine rings is 4. The molecule has 0 aromatic carbocycles. The van der Waals surface area contributed by atoms with Gasteiger partial charge in [0.05, 0.1) is 22.8 Å². The number of nitrogens with zero attached hydrogens (tertiary/aromatic N) is 6. The highest BCUT2D eigenvalue weighted by atomic mass is 15.2. The van der Waals surface area contributed by atoms with Crippen LogP contribution in [-0.2, 0) is 26.2 Å². The predicted molar refractivity (Wildman–Crippen MR) is 162 cm³/mol. The fourth-order valence-corrected chi connectivity index (χ4v) is 5.19. The minimum absolute atomic E-state index is 0.336. The van der Waals surface area contributed by atoms with E-state index in [4.69, 9.17) is 9.97 Å². The summed E-state index contributed by atoms with van der Waals surface area (Å²) in [5, 5.41) is 0. The molecule has 0 radical (unpaired) electrons. The van der Waals surface area contributed by atoms with Gasteiger partial charge >= 0.3 is 0 Å². The normalized spacial score (nSPS) is 12.2. The third-order valence-corrected chi connectivity index (χ3v) is 7.28. The summed E-state index contributed by atoms with van der Waals surface area (Å²) in [7, 11) is 0. The van der Waals surface area contributed by atoms with Crippen LogP contribution in [0.4, 0.5) is 0 Å². The lowest BCUT2D eigenvalue weighted by Crippen LogP contribution is -2.43. The van der Waals surface area contributed by atoms with Crippen LogP contribution in [0, 0.1) is 0 Å². The molecule has 0 N–H and O–H groups in total. The lowest BCUT2D eigenvalue weighted by atomic mass is 10.0. The Balaban J connectivity index is 1.58. The van der Waals surface area contributed by atoms with Crippen LogP contribution in [0.25, 0.3) is 0 Å². The van der Waals surface area contributed by atoms with E-state index in [-0.39, 0.29) is 0 Å². The van der Waals surface area contributed by atoms with E-state index < -0.39 is 0 Å². The van der Waals surface area contributed by atoms with Gasteiger partial charge in [0.25, 0.3) is 0 Å². The fourth-order valence-electron chi connectivity index (χ4n) is 5.19. The van der Waals surface area contributed by atoms with Gasteiger partial charge in [-0.3, -0.25) is 29.7 Å². The van der Waals surface area contributed by atoms with Gasteiger partial charge in [-0.15, -0.1) is 0 Å². The van der Waals surface area contributed by atoms with Crippen LogP contribution in [0.3, 0.4) is 0 Å². The molecule has 4 heterocycles. The minimum atomic E-state index is 0.336. The average molecular weight is 537 g/mol. The first-order valence-corrected chi connectivity index (χ1v) is 14.9. The minimum Gasteiger partial charge on any atom is -0.290 e. The monoisotopic (exact) mass is 536 g/mol. The Morgan fingerprint density at radius 3 is 1.38 bits per heavy atom. The second-order valence-electron chi connectivity index (χ2n) is 10.6. The Hall–Kier alpha value is -3.48. The van der Waals surface area contributed by atoms with Gasteiger partial charge < -0.3 is 0 Å². The van der Waals surface area contributed by atoms with E-state index in [0.29, 0.717) is 6.04 Å².